The Kier molecular flexibility index (Phi) is 7.06. The van der Waals surface area contributed by atoms with Crippen molar-refractivity contribution >= 4 is 29.8 Å². The lowest BCUT2D eigenvalue weighted by Crippen LogP contribution is -2.41. The lowest BCUT2D eigenvalue weighted by atomic mass is 9.95. The highest BCUT2D eigenvalue weighted by Gasteiger charge is 2.29. The number of hydrogen-bond donors (Lipinski definition) is 2. The number of aromatic nitrogens is 3. The molecule has 2 aliphatic heterocycles. The maximum absolute atomic E-state index is 12.5. The number of nitrogen functional groups attached to an aromatic ring is 1. The Labute approximate surface area is 209 Å². The predicted octanol–water partition coefficient (Wildman–Crippen LogP) is 2.73. The van der Waals surface area contributed by atoms with Gasteiger partial charge in [-0.15, -0.1) is 0 Å². The van der Waals surface area contributed by atoms with Crippen LogP contribution in [0, 0.1) is 0 Å². The zero-order valence-corrected chi connectivity index (χ0v) is 20.1. The van der Waals surface area contributed by atoms with Gasteiger partial charge in [0.15, 0.2) is 0 Å². The van der Waals surface area contributed by atoms with Crippen LogP contribution in [-0.4, -0.2) is 77.5 Å². The van der Waals surface area contributed by atoms with Gasteiger partial charge in [0, 0.05) is 55.9 Å². The first kappa shape index (κ1) is 23.7. The summed E-state index contributed by atoms with van der Waals surface area (Å²) < 4.78 is 11.0. The van der Waals surface area contributed by atoms with E-state index in [-0.39, 0.29) is 5.95 Å². The summed E-state index contributed by atoms with van der Waals surface area (Å²) in [5, 5.41) is 3.42. The molecule has 4 heterocycles. The average Bonchev–Trinajstić information content (AvgIpc) is 2.92. The first-order valence-electron chi connectivity index (χ1n) is 11.9. The van der Waals surface area contributed by atoms with Crippen LogP contribution in [0.5, 0.6) is 5.75 Å². The van der Waals surface area contributed by atoms with Gasteiger partial charge in [0.2, 0.25) is 5.95 Å². The summed E-state index contributed by atoms with van der Waals surface area (Å²) in [5.41, 5.74) is 9.52. The van der Waals surface area contributed by atoms with Gasteiger partial charge < -0.3 is 30.2 Å². The number of hydrogen-bond acceptors (Lipinski definition) is 10. The minimum Gasteiger partial charge on any atom is -0.495 e. The molecule has 10 nitrogen and oxygen atoms in total. The van der Waals surface area contributed by atoms with Crippen molar-refractivity contribution in [2.24, 2.45) is 0 Å². The number of morpholine rings is 1. The molecule has 0 spiro atoms. The van der Waals surface area contributed by atoms with Crippen molar-refractivity contribution in [1.82, 2.24) is 24.8 Å². The van der Waals surface area contributed by atoms with E-state index in [9.17, 15) is 4.79 Å². The van der Waals surface area contributed by atoms with E-state index in [2.05, 4.69) is 25.1 Å². The molecule has 2 aromatic heterocycles. The van der Waals surface area contributed by atoms with Crippen LogP contribution >= 0.6 is 0 Å². The Bertz CT molecular complexity index is 1240. The summed E-state index contributed by atoms with van der Waals surface area (Å²) in [6.45, 7) is 4.83. The molecule has 0 aliphatic carbocycles. The SMILES string of the molecule is COc1ccccc1Nc1nc(-c2cnc(N)nc2)cc2c1C(C=O)N(CCN1CCOCC1)C=C2. The van der Waals surface area contributed by atoms with Crippen molar-refractivity contribution in [3.63, 3.8) is 0 Å². The van der Waals surface area contributed by atoms with E-state index >= 15 is 0 Å². The number of aldehydes is 1. The number of fused-ring (bicyclic) bond motifs is 1. The fraction of sp³-hybridized carbons (Fsp3) is 0.308. The summed E-state index contributed by atoms with van der Waals surface area (Å²) in [4.78, 5) is 30.0. The molecule has 1 aromatic carbocycles. The van der Waals surface area contributed by atoms with Crippen molar-refractivity contribution in [1.29, 1.82) is 0 Å². The Morgan fingerprint density at radius 2 is 1.97 bits per heavy atom. The number of benzene rings is 1. The molecule has 0 saturated carbocycles. The smallest absolute Gasteiger partial charge is 0.219 e. The molecule has 0 radical (unpaired) electrons. The molecule has 1 atom stereocenters. The monoisotopic (exact) mass is 487 g/mol. The molecular weight excluding hydrogens is 458 g/mol. The van der Waals surface area contributed by atoms with Gasteiger partial charge in [-0.25, -0.2) is 15.0 Å². The van der Waals surface area contributed by atoms with Crippen LogP contribution in [0.25, 0.3) is 17.3 Å². The second-order valence-electron chi connectivity index (χ2n) is 8.60. The first-order valence-corrected chi connectivity index (χ1v) is 11.9. The fourth-order valence-corrected chi connectivity index (χ4v) is 4.49. The maximum atomic E-state index is 12.5. The third kappa shape index (κ3) is 5.00. The average molecular weight is 488 g/mol. The number of anilines is 3. The highest BCUT2D eigenvalue weighted by molar-refractivity contribution is 5.80. The van der Waals surface area contributed by atoms with Gasteiger partial charge in [-0.3, -0.25) is 4.90 Å². The Balaban J connectivity index is 1.53. The number of nitrogens with two attached hydrogens (primary N) is 1. The zero-order valence-electron chi connectivity index (χ0n) is 20.1. The van der Waals surface area contributed by atoms with Gasteiger partial charge in [0.05, 0.1) is 31.7 Å². The molecule has 1 unspecified atom stereocenters. The Morgan fingerprint density at radius 3 is 2.72 bits per heavy atom. The van der Waals surface area contributed by atoms with Crippen molar-refractivity contribution in [2.75, 3.05) is 57.6 Å². The number of pyridine rings is 1. The second kappa shape index (κ2) is 10.7. The molecule has 36 heavy (non-hydrogen) atoms. The van der Waals surface area contributed by atoms with Crippen LogP contribution in [0.4, 0.5) is 17.5 Å². The number of carbonyl (C=O) groups is 1. The third-order valence-electron chi connectivity index (χ3n) is 6.42. The minimum atomic E-state index is -0.493. The van der Waals surface area contributed by atoms with E-state index in [1.165, 1.54) is 0 Å². The minimum absolute atomic E-state index is 0.195. The lowest BCUT2D eigenvalue weighted by molar-refractivity contribution is -0.112. The summed E-state index contributed by atoms with van der Waals surface area (Å²) >= 11 is 0. The summed E-state index contributed by atoms with van der Waals surface area (Å²) in [6.07, 6.45) is 8.26. The second-order valence-corrected chi connectivity index (χ2v) is 8.60. The molecule has 1 fully saturated rings. The van der Waals surface area contributed by atoms with E-state index < -0.39 is 6.04 Å². The number of carbonyl (C=O) groups excluding carboxylic acids is 1. The summed E-state index contributed by atoms with van der Waals surface area (Å²) in [7, 11) is 1.62. The van der Waals surface area contributed by atoms with Gasteiger partial charge in [-0.1, -0.05) is 12.1 Å². The van der Waals surface area contributed by atoms with Gasteiger partial charge in [0.1, 0.15) is 23.9 Å². The first-order chi connectivity index (χ1) is 17.7. The van der Waals surface area contributed by atoms with Gasteiger partial charge >= 0.3 is 0 Å². The molecule has 3 aromatic rings. The van der Waals surface area contributed by atoms with Crippen LogP contribution < -0.4 is 15.8 Å². The quantitative estimate of drug-likeness (QED) is 0.459. The topological polar surface area (TPSA) is 119 Å². The van der Waals surface area contributed by atoms with E-state index in [1.807, 2.05) is 42.6 Å². The Morgan fingerprint density at radius 1 is 1.19 bits per heavy atom. The predicted molar refractivity (Wildman–Crippen MR) is 138 cm³/mol. The lowest BCUT2D eigenvalue weighted by Gasteiger charge is -2.35. The van der Waals surface area contributed by atoms with Crippen LogP contribution in [0.15, 0.2) is 48.9 Å². The van der Waals surface area contributed by atoms with E-state index in [4.69, 9.17) is 20.2 Å². The van der Waals surface area contributed by atoms with Crippen LogP contribution in [-0.2, 0) is 9.53 Å². The van der Waals surface area contributed by atoms with Crippen molar-refractivity contribution in [2.45, 2.75) is 6.04 Å². The molecule has 0 bridgehead atoms. The molecule has 2 aliphatic rings. The van der Waals surface area contributed by atoms with E-state index in [0.717, 1.165) is 61.5 Å². The number of methoxy groups -OCH3 is 1. The fourth-order valence-electron chi connectivity index (χ4n) is 4.49. The van der Waals surface area contributed by atoms with Gasteiger partial charge in [-0.2, -0.15) is 0 Å². The molecule has 1 saturated heterocycles. The van der Waals surface area contributed by atoms with Crippen molar-refractivity contribution in [3.8, 4) is 17.0 Å². The summed E-state index contributed by atoms with van der Waals surface area (Å²) in [5.74, 6) is 1.44. The van der Waals surface area contributed by atoms with Gasteiger partial charge in [-0.05, 0) is 29.8 Å². The maximum Gasteiger partial charge on any atom is 0.219 e. The normalized spacial score (nSPS) is 17.5. The van der Waals surface area contributed by atoms with Crippen LogP contribution in [0.3, 0.4) is 0 Å². The number of rotatable bonds is 8. The van der Waals surface area contributed by atoms with Gasteiger partial charge in [0.25, 0.3) is 0 Å². The number of nitrogens with zero attached hydrogens (tertiary/aromatic N) is 5. The third-order valence-corrected chi connectivity index (χ3v) is 6.42. The molecule has 10 heteroatoms. The molecule has 3 N–H and O–H groups in total. The molecule has 186 valence electrons. The van der Waals surface area contributed by atoms with Crippen molar-refractivity contribution < 1.29 is 14.3 Å². The molecule has 5 rings (SSSR count). The molecular formula is C26H29N7O3. The Hall–Kier alpha value is -4.02. The zero-order chi connectivity index (χ0) is 24.9. The molecule has 0 amide bonds. The highest BCUT2D eigenvalue weighted by atomic mass is 16.5. The van der Waals surface area contributed by atoms with Crippen LogP contribution in [0.1, 0.15) is 17.2 Å². The number of ether oxygens (including phenoxy) is 2. The van der Waals surface area contributed by atoms with Crippen molar-refractivity contribution in [3.05, 3.63) is 60.1 Å². The highest BCUT2D eigenvalue weighted by Crippen LogP contribution is 2.38. The number of nitrogens with one attached hydrogen (secondary N) is 1. The van der Waals surface area contributed by atoms with E-state index in [1.54, 1.807) is 19.5 Å². The van der Waals surface area contributed by atoms with Crippen LogP contribution in [0.2, 0.25) is 0 Å². The number of para-hydroxylation sites is 2. The summed E-state index contributed by atoms with van der Waals surface area (Å²) in [6, 6.07) is 9.06. The van der Waals surface area contributed by atoms with E-state index in [0.29, 0.717) is 23.8 Å². The largest absolute Gasteiger partial charge is 0.495 e. The standard InChI is InChI=1S/C26H29N7O3/c1-35-23-5-3-2-4-20(23)30-25-24-18(14-21(31-25)19-15-28-26(27)29-16-19)6-7-33(22(24)17-34)9-8-32-10-12-36-13-11-32/h2-7,14-17,22H,8-13H2,1H3,(H,30,31)(H2,27,28,29).